The minimum Gasteiger partial charge on any atom is -0.333 e. The summed E-state index contributed by atoms with van der Waals surface area (Å²) < 4.78 is 6.23. The van der Waals surface area contributed by atoms with Crippen LogP contribution in [0.1, 0.15) is 19.5 Å². The molecule has 5 aromatic rings. The summed E-state index contributed by atoms with van der Waals surface area (Å²) >= 11 is 6.21. The van der Waals surface area contributed by atoms with Crippen molar-refractivity contribution in [2.45, 2.75) is 26.9 Å². The van der Waals surface area contributed by atoms with Crippen LogP contribution in [0.2, 0.25) is 5.02 Å². The van der Waals surface area contributed by atoms with E-state index >= 15 is 0 Å². The Morgan fingerprint density at radius 2 is 1.97 bits per heavy atom. The number of aromatic nitrogens is 8. The zero-order chi connectivity index (χ0) is 23.4. The maximum Gasteiger partial charge on any atom is 0.332 e. The smallest absolute Gasteiger partial charge is 0.332 e. The summed E-state index contributed by atoms with van der Waals surface area (Å²) in [5.74, 6) is 0.759. The Labute approximate surface area is 193 Å². The van der Waals surface area contributed by atoms with E-state index in [4.69, 9.17) is 16.7 Å². The lowest BCUT2D eigenvalue weighted by atomic mass is 10.2. The van der Waals surface area contributed by atoms with Crippen LogP contribution in [0.5, 0.6) is 0 Å². The Kier molecular flexibility index (Phi) is 4.97. The van der Waals surface area contributed by atoms with E-state index < -0.39 is 11.2 Å². The maximum absolute atomic E-state index is 13.3. The van der Waals surface area contributed by atoms with Crippen LogP contribution in [0, 0.1) is 5.92 Å². The van der Waals surface area contributed by atoms with Crippen LogP contribution in [0.4, 0.5) is 0 Å². The van der Waals surface area contributed by atoms with E-state index in [1.54, 1.807) is 27.7 Å². The van der Waals surface area contributed by atoms with Gasteiger partial charge in [-0.1, -0.05) is 25.4 Å². The highest BCUT2D eigenvalue weighted by molar-refractivity contribution is 6.31. The molecule has 5 rings (SSSR count). The first-order valence-corrected chi connectivity index (χ1v) is 10.9. The lowest BCUT2D eigenvalue weighted by Gasteiger charge is -2.10. The van der Waals surface area contributed by atoms with Crippen LogP contribution in [0.3, 0.4) is 0 Å². The molecule has 11 heteroatoms. The Morgan fingerprint density at radius 3 is 2.67 bits per heavy atom. The second-order valence-corrected chi connectivity index (χ2v) is 9.02. The molecule has 0 saturated carbocycles. The Bertz CT molecular complexity index is 1630. The summed E-state index contributed by atoms with van der Waals surface area (Å²) in [6.45, 7) is 4.75. The molecule has 0 saturated heterocycles. The fraction of sp³-hybridized carbons (Fsp3) is 0.318. The molecular weight excluding hydrogens is 444 g/mol. The molecule has 33 heavy (non-hydrogen) atoms. The third kappa shape index (κ3) is 3.37. The normalized spacial score (nSPS) is 11.9. The third-order valence-corrected chi connectivity index (χ3v) is 5.94. The first-order valence-electron chi connectivity index (χ1n) is 10.6. The van der Waals surface area contributed by atoms with E-state index in [0.717, 1.165) is 21.2 Å². The number of imidazole rings is 1. The van der Waals surface area contributed by atoms with E-state index in [1.165, 1.54) is 7.05 Å². The first-order chi connectivity index (χ1) is 15.8. The standard InChI is InChI=1S/C22H23ClN8O2/c1-12(2)10-30-19-17(21(32)29(4)22(30)33)18(20-24-7-8-28(20)3)31(27-19)11-16-14-9-13(23)5-6-15(14)25-26-16/h5-9,12H,10-11H2,1-4H3,(H,25,26). The predicted octanol–water partition coefficient (Wildman–Crippen LogP) is 2.53. The molecule has 10 nitrogen and oxygen atoms in total. The predicted molar refractivity (Wildman–Crippen MR) is 126 cm³/mol. The van der Waals surface area contributed by atoms with Gasteiger partial charge in [0.1, 0.15) is 11.1 Å². The van der Waals surface area contributed by atoms with E-state index in [9.17, 15) is 9.59 Å². The van der Waals surface area contributed by atoms with Gasteiger partial charge >= 0.3 is 5.69 Å². The van der Waals surface area contributed by atoms with Crippen LogP contribution >= 0.6 is 11.6 Å². The fourth-order valence-corrected chi connectivity index (χ4v) is 4.30. The molecule has 0 fully saturated rings. The largest absolute Gasteiger partial charge is 0.333 e. The van der Waals surface area contributed by atoms with Crippen molar-refractivity contribution in [2.24, 2.45) is 20.0 Å². The summed E-state index contributed by atoms with van der Waals surface area (Å²) in [7, 11) is 3.34. The van der Waals surface area contributed by atoms with Crippen LogP contribution in [0.25, 0.3) is 33.5 Å². The van der Waals surface area contributed by atoms with Crippen molar-refractivity contribution in [3.63, 3.8) is 0 Å². The Balaban J connectivity index is 1.84. The topological polar surface area (TPSA) is 108 Å². The van der Waals surface area contributed by atoms with Crippen molar-refractivity contribution in [1.29, 1.82) is 0 Å². The highest BCUT2D eigenvalue weighted by Crippen LogP contribution is 2.27. The summed E-state index contributed by atoms with van der Waals surface area (Å²) in [4.78, 5) is 30.8. The lowest BCUT2D eigenvalue weighted by molar-refractivity contribution is 0.497. The van der Waals surface area contributed by atoms with E-state index in [2.05, 4.69) is 15.2 Å². The highest BCUT2D eigenvalue weighted by Gasteiger charge is 2.25. The molecule has 0 aliphatic heterocycles. The highest BCUT2D eigenvalue weighted by atomic mass is 35.5. The molecule has 0 atom stereocenters. The van der Waals surface area contributed by atoms with Crippen LogP contribution in [-0.2, 0) is 27.2 Å². The first kappa shape index (κ1) is 21.2. The lowest BCUT2D eigenvalue weighted by Crippen LogP contribution is -2.38. The third-order valence-electron chi connectivity index (χ3n) is 5.71. The van der Waals surface area contributed by atoms with Gasteiger partial charge in [0.15, 0.2) is 11.5 Å². The minimum absolute atomic E-state index is 0.184. The van der Waals surface area contributed by atoms with Gasteiger partial charge in [0.25, 0.3) is 5.56 Å². The van der Waals surface area contributed by atoms with Crippen LogP contribution in [0.15, 0.2) is 40.2 Å². The summed E-state index contributed by atoms with van der Waals surface area (Å²) in [5.41, 5.74) is 1.65. The number of nitrogens with zero attached hydrogens (tertiary/aromatic N) is 7. The maximum atomic E-state index is 13.3. The number of benzene rings is 1. The van der Waals surface area contributed by atoms with Gasteiger partial charge in [-0.15, -0.1) is 0 Å². The number of rotatable bonds is 5. The van der Waals surface area contributed by atoms with Crippen molar-refractivity contribution < 1.29 is 0 Å². The quantitative estimate of drug-likeness (QED) is 0.428. The molecule has 4 aromatic heterocycles. The average Bonchev–Trinajstić information content (AvgIpc) is 3.47. The number of aryl methyl sites for hydroxylation is 1. The van der Waals surface area contributed by atoms with Gasteiger partial charge in [0.05, 0.1) is 17.8 Å². The Morgan fingerprint density at radius 1 is 1.18 bits per heavy atom. The number of hydrogen-bond donors (Lipinski definition) is 1. The van der Waals surface area contributed by atoms with E-state index in [0.29, 0.717) is 34.1 Å². The van der Waals surface area contributed by atoms with Crippen molar-refractivity contribution in [1.82, 2.24) is 38.7 Å². The molecule has 1 N–H and O–H groups in total. The number of fused-ring (bicyclic) bond motifs is 2. The molecular formula is C22H23ClN8O2. The molecule has 0 bridgehead atoms. The van der Waals surface area contributed by atoms with Gasteiger partial charge in [-0.25, -0.2) is 9.78 Å². The molecule has 0 radical (unpaired) electrons. The average molecular weight is 467 g/mol. The molecule has 4 heterocycles. The molecule has 0 aliphatic rings. The summed E-state index contributed by atoms with van der Waals surface area (Å²) in [6.07, 6.45) is 3.47. The van der Waals surface area contributed by atoms with Crippen molar-refractivity contribution in [3.05, 3.63) is 62.1 Å². The summed E-state index contributed by atoms with van der Waals surface area (Å²) in [5, 5.41) is 14.0. The molecule has 0 aliphatic carbocycles. The zero-order valence-corrected chi connectivity index (χ0v) is 19.5. The van der Waals surface area contributed by atoms with Gasteiger partial charge in [-0.05, 0) is 24.1 Å². The van der Waals surface area contributed by atoms with Crippen molar-refractivity contribution >= 4 is 33.5 Å². The van der Waals surface area contributed by atoms with E-state index in [1.807, 2.05) is 37.6 Å². The molecule has 170 valence electrons. The number of halogens is 1. The number of aromatic amines is 1. The van der Waals surface area contributed by atoms with Gasteiger partial charge in [-0.3, -0.25) is 23.7 Å². The zero-order valence-electron chi connectivity index (χ0n) is 18.7. The van der Waals surface area contributed by atoms with Crippen molar-refractivity contribution in [3.8, 4) is 11.5 Å². The van der Waals surface area contributed by atoms with E-state index in [-0.39, 0.29) is 12.5 Å². The van der Waals surface area contributed by atoms with Crippen molar-refractivity contribution in [2.75, 3.05) is 0 Å². The van der Waals surface area contributed by atoms with Crippen LogP contribution in [-0.4, -0.2) is 38.7 Å². The fourth-order valence-electron chi connectivity index (χ4n) is 4.13. The SMILES string of the molecule is CC(C)Cn1c(=O)n(C)c(=O)c2c(-c3nccn3C)n(Cc3[nH]nc4ccc(Cl)cc34)nc21. The van der Waals surface area contributed by atoms with Gasteiger partial charge in [0.2, 0.25) is 0 Å². The number of H-pyrrole nitrogens is 1. The number of nitrogens with one attached hydrogen (secondary N) is 1. The second kappa shape index (κ2) is 7.73. The monoisotopic (exact) mass is 466 g/mol. The molecule has 0 unspecified atom stereocenters. The Hall–Kier alpha value is -3.66. The molecule has 0 amide bonds. The molecule has 0 spiro atoms. The van der Waals surface area contributed by atoms with Crippen LogP contribution < -0.4 is 11.2 Å². The van der Waals surface area contributed by atoms with Gasteiger partial charge in [0, 0.05) is 43.4 Å². The van der Waals surface area contributed by atoms with Gasteiger partial charge in [-0.2, -0.15) is 10.2 Å². The second-order valence-electron chi connectivity index (χ2n) is 8.58. The van der Waals surface area contributed by atoms with Gasteiger partial charge < -0.3 is 4.57 Å². The molecule has 1 aromatic carbocycles. The summed E-state index contributed by atoms with van der Waals surface area (Å²) in [6, 6.07) is 5.46. The number of hydrogen-bond acceptors (Lipinski definition) is 5. The minimum atomic E-state index is -0.406.